The van der Waals surface area contributed by atoms with Crippen molar-refractivity contribution in [3.05, 3.63) is 123 Å². The fourth-order valence-electron chi connectivity index (χ4n) is 5.26. The lowest BCUT2D eigenvalue weighted by atomic mass is 10.0. The number of benzene rings is 4. The maximum Gasteiger partial charge on any atom is 0.264 e. The van der Waals surface area contributed by atoms with Crippen molar-refractivity contribution >= 4 is 50.7 Å². The number of ether oxygens (including phenoxy) is 1. The quantitative estimate of drug-likeness (QED) is 0.130. The van der Waals surface area contributed by atoms with E-state index in [-0.39, 0.29) is 35.2 Å². The molecule has 0 bridgehead atoms. The van der Waals surface area contributed by atoms with Gasteiger partial charge in [-0.2, -0.15) is 0 Å². The van der Waals surface area contributed by atoms with Gasteiger partial charge in [-0.05, 0) is 67.8 Å². The SMILES string of the molecule is CCCCNC(=O)[C@@H](Cc1ccccc1)N(Cc1c(Cl)cccc1Cl)C(=O)CN(c1cc(C)ccc1OC)S(=O)(=O)c1ccc(C)cc1. The summed E-state index contributed by atoms with van der Waals surface area (Å²) in [5.74, 6) is -0.732. The first-order valence-electron chi connectivity index (χ1n) is 15.7. The van der Waals surface area contributed by atoms with Crippen LogP contribution in [0.15, 0.2) is 95.9 Å². The molecule has 0 spiro atoms. The second-order valence-electron chi connectivity index (χ2n) is 11.6. The van der Waals surface area contributed by atoms with Crippen LogP contribution in [0.1, 0.15) is 42.0 Å². The number of halogens is 2. The van der Waals surface area contributed by atoms with Crippen molar-refractivity contribution in [2.75, 3.05) is 24.5 Å². The van der Waals surface area contributed by atoms with Crippen molar-refractivity contribution in [1.82, 2.24) is 10.2 Å². The number of nitrogens with zero attached hydrogens (tertiary/aromatic N) is 2. The molecule has 4 aromatic carbocycles. The number of anilines is 1. The Balaban J connectivity index is 1.87. The van der Waals surface area contributed by atoms with E-state index >= 15 is 0 Å². The molecule has 0 radical (unpaired) electrons. The van der Waals surface area contributed by atoms with Crippen molar-refractivity contribution in [2.45, 2.75) is 57.5 Å². The minimum Gasteiger partial charge on any atom is -0.495 e. The first kappa shape index (κ1) is 36.8. The van der Waals surface area contributed by atoms with E-state index in [9.17, 15) is 18.0 Å². The Morgan fingerprint density at radius 2 is 1.52 bits per heavy atom. The first-order chi connectivity index (χ1) is 23.0. The number of hydrogen-bond acceptors (Lipinski definition) is 5. The number of amides is 2. The van der Waals surface area contributed by atoms with Gasteiger partial charge >= 0.3 is 0 Å². The lowest BCUT2D eigenvalue weighted by Gasteiger charge is -2.34. The number of carbonyl (C=O) groups excluding carboxylic acids is 2. The van der Waals surface area contributed by atoms with Crippen molar-refractivity contribution in [2.24, 2.45) is 0 Å². The third-order valence-electron chi connectivity index (χ3n) is 7.98. The van der Waals surface area contributed by atoms with E-state index in [1.165, 1.54) is 24.1 Å². The van der Waals surface area contributed by atoms with Crippen molar-refractivity contribution < 1.29 is 22.7 Å². The third-order valence-corrected chi connectivity index (χ3v) is 10.5. The molecule has 1 atom stereocenters. The summed E-state index contributed by atoms with van der Waals surface area (Å²) in [6, 6.07) is 24.9. The van der Waals surface area contributed by atoms with Crippen LogP contribution in [0.25, 0.3) is 0 Å². The minimum absolute atomic E-state index is 0.00306. The Morgan fingerprint density at radius 3 is 2.15 bits per heavy atom. The molecular weight excluding hydrogens is 669 g/mol. The van der Waals surface area contributed by atoms with Gasteiger partial charge in [-0.1, -0.05) is 96.7 Å². The van der Waals surface area contributed by atoms with Crippen LogP contribution in [0.3, 0.4) is 0 Å². The highest BCUT2D eigenvalue weighted by molar-refractivity contribution is 7.92. The number of unbranched alkanes of at least 4 members (excludes halogenated alkanes) is 1. The average molecular weight is 711 g/mol. The molecular formula is C37H41Cl2N3O5S. The highest BCUT2D eigenvalue weighted by atomic mass is 35.5. The number of methoxy groups -OCH3 is 1. The lowest BCUT2D eigenvalue weighted by molar-refractivity contribution is -0.140. The molecule has 0 aliphatic heterocycles. The average Bonchev–Trinajstić information content (AvgIpc) is 3.07. The number of aryl methyl sites for hydroxylation is 2. The van der Waals surface area contributed by atoms with Gasteiger partial charge in [0.2, 0.25) is 11.8 Å². The lowest BCUT2D eigenvalue weighted by Crippen LogP contribution is -2.53. The van der Waals surface area contributed by atoms with E-state index in [1.807, 2.05) is 51.1 Å². The zero-order chi connectivity index (χ0) is 34.8. The van der Waals surface area contributed by atoms with Gasteiger partial charge in [0.05, 0.1) is 17.7 Å². The fourth-order valence-corrected chi connectivity index (χ4v) is 7.19. The highest BCUT2D eigenvalue weighted by Gasteiger charge is 2.36. The zero-order valence-electron chi connectivity index (χ0n) is 27.6. The summed E-state index contributed by atoms with van der Waals surface area (Å²) in [6.45, 7) is 5.35. The molecule has 0 unspecified atom stereocenters. The molecule has 0 aliphatic rings. The summed E-state index contributed by atoms with van der Waals surface area (Å²) in [6.07, 6.45) is 1.79. The predicted octanol–water partition coefficient (Wildman–Crippen LogP) is 7.37. The van der Waals surface area contributed by atoms with Crippen molar-refractivity contribution in [3.63, 3.8) is 0 Å². The fraction of sp³-hybridized carbons (Fsp3) is 0.297. The van der Waals surface area contributed by atoms with Crippen LogP contribution >= 0.6 is 23.2 Å². The van der Waals surface area contributed by atoms with E-state index in [4.69, 9.17) is 27.9 Å². The summed E-state index contributed by atoms with van der Waals surface area (Å²) in [5.41, 5.74) is 3.09. The van der Waals surface area contributed by atoms with Crippen LogP contribution in [0.2, 0.25) is 10.0 Å². The van der Waals surface area contributed by atoms with Gasteiger partial charge in [-0.15, -0.1) is 0 Å². The minimum atomic E-state index is -4.31. The maximum atomic E-state index is 14.7. The largest absolute Gasteiger partial charge is 0.495 e. The molecule has 0 heterocycles. The number of carbonyl (C=O) groups is 2. The Hall–Kier alpha value is -4.05. The number of sulfonamides is 1. The van der Waals surface area contributed by atoms with Crippen molar-refractivity contribution in [1.29, 1.82) is 0 Å². The van der Waals surface area contributed by atoms with Crippen LogP contribution in [0, 0.1) is 13.8 Å². The molecule has 254 valence electrons. The van der Waals surface area contributed by atoms with Gasteiger partial charge in [0.25, 0.3) is 10.0 Å². The van der Waals surface area contributed by atoms with Crippen molar-refractivity contribution in [3.8, 4) is 5.75 Å². The number of rotatable bonds is 15. The molecule has 11 heteroatoms. The molecule has 0 saturated carbocycles. The van der Waals surface area contributed by atoms with Gasteiger partial charge in [-0.25, -0.2) is 8.42 Å². The Labute approximate surface area is 293 Å². The van der Waals surface area contributed by atoms with Gasteiger partial charge in [0.15, 0.2) is 0 Å². The topological polar surface area (TPSA) is 96.0 Å². The summed E-state index contributed by atoms with van der Waals surface area (Å²) in [4.78, 5) is 30.1. The van der Waals surface area contributed by atoms with Gasteiger partial charge in [0.1, 0.15) is 18.3 Å². The van der Waals surface area contributed by atoms with Gasteiger partial charge in [-0.3, -0.25) is 13.9 Å². The standard InChI is InChI=1S/C37H41Cl2N3O5S/c1-5-6-21-40-37(44)34(23-28-11-8-7-9-12-28)41(24-30-31(38)13-10-14-32(30)39)36(43)25-42(33-22-27(3)17-20-35(33)47-4)48(45,46)29-18-15-26(2)16-19-29/h7-20,22,34H,5-6,21,23-25H2,1-4H3,(H,40,44)/t34-/m1/s1. The molecule has 1 N–H and O–H groups in total. The predicted molar refractivity (Wildman–Crippen MR) is 192 cm³/mol. The molecule has 0 aromatic heterocycles. The Kier molecular flexibility index (Phi) is 12.9. The van der Waals surface area contributed by atoms with Crippen LogP contribution in [0.5, 0.6) is 5.75 Å². The molecule has 8 nitrogen and oxygen atoms in total. The van der Waals surface area contributed by atoms with Gasteiger partial charge < -0.3 is 15.0 Å². The monoisotopic (exact) mass is 709 g/mol. The second kappa shape index (κ2) is 16.9. The number of nitrogens with one attached hydrogen (secondary N) is 1. The molecule has 48 heavy (non-hydrogen) atoms. The van der Waals surface area contributed by atoms with E-state index in [0.29, 0.717) is 22.2 Å². The molecule has 0 aliphatic carbocycles. The van der Waals surface area contributed by atoms with Crippen LogP contribution in [0.4, 0.5) is 5.69 Å². The molecule has 4 rings (SSSR count). The van der Waals surface area contributed by atoms with E-state index in [0.717, 1.165) is 33.8 Å². The first-order valence-corrected chi connectivity index (χ1v) is 17.9. The summed E-state index contributed by atoms with van der Waals surface area (Å²) in [7, 11) is -2.87. The van der Waals surface area contributed by atoms with Crippen LogP contribution < -0.4 is 14.4 Å². The Morgan fingerprint density at radius 1 is 0.875 bits per heavy atom. The third kappa shape index (κ3) is 9.09. The zero-order valence-corrected chi connectivity index (χ0v) is 29.9. The normalized spacial score (nSPS) is 11.9. The molecule has 4 aromatic rings. The second-order valence-corrected chi connectivity index (χ2v) is 14.2. The van der Waals surface area contributed by atoms with Crippen LogP contribution in [-0.4, -0.2) is 51.4 Å². The summed E-state index contributed by atoms with van der Waals surface area (Å²) in [5, 5.41) is 3.60. The van der Waals surface area contributed by atoms with E-state index in [2.05, 4.69) is 5.32 Å². The summed E-state index contributed by atoms with van der Waals surface area (Å²) >= 11 is 13.2. The molecule has 2 amide bonds. The molecule has 0 saturated heterocycles. The maximum absolute atomic E-state index is 14.7. The van der Waals surface area contributed by atoms with E-state index < -0.39 is 28.5 Å². The van der Waals surface area contributed by atoms with Crippen LogP contribution in [-0.2, 0) is 32.6 Å². The van der Waals surface area contributed by atoms with Gasteiger partial charge in [0, 0.05) is 35.1 Å². The number of hydrogen-bond donors (Lipinski definition) is 1. The van der Waals surface area contributed by atoms with E-state index in [1.54, 1.807) is 48.5 Å². The highest BCUT2D eigenvalue weighted by Crippen LogP contribution is 2.34. The molecule has 0 fully saturated rings. The summed E-state index contributed by atoms with van der Waals surface area (Å²) < 4.78 is 35.4. The Bertz CT molecular complexity index is 1800. The smallest absolute Gasteiger partial charge is 0.264 e.